The van der Waals surface area contributed by atoms with Crippen LogP contribution in [-0.4, -0.2) is 101 Å². The van der Waals surface area contributed by atoms with Gasteiger partial charge in [-0.15, -0.1) is 11.3 Å². The fourth-order valence-corrected chi connectivity index (χ4v) is 8.20. The number of thiazole rings is 1. The molecule has 13 heteroatoms. The highest BCUT2D eigenvalue weighted by atomic mass is 32.1. The lowest BCUT2D eigenvalue weighted by Crippen LogP contribution is -2.56. The van der Waals surface area contributed by atoms with E-state index in [1.54, 1.807) is 10.4 Å². The minimum Gasteiger partial charge on any atom is -0.391 e. The summed E-state index contributed by atoms with van der Waals surface area (Å²) in [6, 6.07) is 7.75. The van der Waals surface area contributed by atoms with Gasteiger partial charge in [-0.25, -0.2) is 4.98 Å². The molecule has 288 valence electrons. The number of ether oxygens (including phenoxy) is 1. The van der Waals surface area contributed by atoms with Gasteiger partial charge in [0.05, 0.1) is 54.0 Å². The summed E-state index contributed by atoms with van der Waals surface area (Å²) >= 11 is 1.39. The van der Waals surface area contributed by atoms with Gasteiger partial charge in [0.1, 0.15) is 6.04 Å². The van der Waals surface area contributed by atoms with E-state index < -0.39 is 47.4 Å². The molecule has 52 heavy (non-hydrogen) atoms. The van der Waals surface area contributed by atoms with E-state index in [2.05, 4.69) is 20.9 Å². The average Bonchev–Trinajstić information content (AvgIpc) is 3.69. The summed E-state index contributed by atoms with van der Waals surface area (Å²) in [4.78, 5) is 61.0. The molecule has 5 N–H and O–H groups in total. The maximum absolute atomic E-state index is 14.3. The topological polar surface area (TPSA) is 170 Å². The molecule has 2 fully saturated rings. The van der Waals surface area contributed by atoms with Crippen molar-refractivity contribution in [3.8, 4) is 0 Å². The van der Waals surface area contributed by atoms with Crippen molar-refractivity contribution in [3.05, 3.63) is 52.5 Å². The first-order valence-corrected chi connectivity index (χ1v) is 20.0. The summed E-state index contributed by atoms with van der Waals surface area (Å²) in [7, 11) is 1.51. The molecule has 2 heterocycles. The van der Waals surface area contributed by atoms with Crippen molar-refractivity contribution in [2.75, 3.05) is 33.4 Å². The van der Waals surface area contributed by atoms with Gasteiger partial charge < -0.3 is 35.8 Å². The number of hydrogen-bond acceptors (Lipinski definition) is 9. The summed E-state index contributed by atoms with van der Waals surface area (Å²) in [6.07, 6.45) is 5.64. The van der Waals surface area contributed by atoms with Crippen molar-refractivity contribution in [3.63, 3.8) is 0 Å². The van der Waals surface area contributed by atoms with Gasteiger partial charge in [0.15, 0.2) is 0 Å². The van der Waals surface area contributed by atoms with Crippen LogP contribution in [0, 0.1) is 17.8 Å². The Labute approximate surface area is 312 Å². The van der Waals surface area contributed by atoms with E-state index in [1.807, 2.05) is 49.6 Å². The summed E-state index contributed by atoms with van der Waals surface area (Å²) in [5.74, 6) is -2.74. The molecule has 1 aromatic carbocycles. The molecule has 0 bridgehead atoms. The third-order valence-electron chi connectivity index (χ3n) is 11.0. The quantitative estimate of drug-likeness (QED) is 0.146. The fraction of sp³-hybridized carbons (Fsp3) is 0.667. The predicted molar refractivity (Wildman–Crippen MR) is 200 cm³/mol. The maximum Gasteiger partial charge on any atom is 0.243 e. The number of amides is 4. The molecule has 4 rings (SSSR count). The summed E-state index contributed by atoms with van der Waals surface area (Å²) < 4.78 is 5.42. The van der Waals surface area contributed by atoms with Crippen molar-refractivity contribution < 1.29 is 34.1 Å². The predicted octanol–water partition coefficient (Wildman–Crippen LogP) is 3.40. The molecule has 1 aromatic heterocycles. The Kier molecular flexibility index (Phi) is 16.5. The van der Waals surface area contributed by atoms with E-state index in [0.717, 1.165) is 37.7 Å². The molecule has 12 nitrogen and oxygen atoms in total. The SMILES string of the molecule is CCC(O)(CC)[C@H](C[C@H](O)[C@H](CC1CCCCC1)NC(=O)[C@H](Cc1cscn1)NC(=O)[C@@H](CC(=O)N1CCOCC1)Cc1ccccc1)C(=O)NC. The number of morpholine rings is 1. The Morgan fingerprint density at radius 2 is 1.67 bits per heavy atom. The largest absolute Gasteiger partial charge is 0.391 e. The van der Waals surface area contributed by atoms with Gasteiger partial charge >= 0.3 is 0 Å². The van der Waals surface area contributed by atoms with Gasteiger partial charge in [-0.2, -0.15) is 0 Å². The highest BCUT2D eigenvalue weighted by Gasteiger charge is 2.42. The standard InChI is InChI=1S/C39H59N5O7S/c1-4-39(50,5-2)31(37(48)40-3)24-34(45)32(21-28-14-10-7-11-15-28)42-38(49)33(23-30-25-52-26-41-30)43-36(47)29(20-27-12-8-6-9-13-27)22-35(46)44-16-18-51-19-17-44/h6,8-9,12-13,25-26,28-29,31-34,45,50H,4-5,7,10-11,14-24H2,1-3H3,(H,40,48)(H,42,49)(H,43,47)/t29-,31-,32+,33+,34+/m1/s1. The molecule has 1 saturated carbocycles. The molecular formula is C39H59N5O7S. The van der Waals surface area contributed by atoms with Crippen molar-refractivity contribution in [2.24, 2.45) is 17.8 Å². The number of aliphatic hydroxyl groups is 2. The van der Waals surface area contributed by atoms with E-state index in [4.69, 9.17) is 4.74 Å². The number of hydrogen-bond donors (Lipinski definition) is 5. The van der Waals surface area contributed by atoms with Gasteiger partial charge in [0.25, 0.3) is 0 Å². The van der Waals surface area contributed by atoms with Crippen LogP contribution in [0.15, 0.2) is 41.2 Å². The van der Waals surface area contributed by atoms with Gasteiger partial charge in [-0.05, 0) is 43.6 Å². The van der Waals surface area contributed by atoms with Gasteiger partial charge in [-0.3, -0.25) is 19.2 Å². The van der Waals surface area contributed by atoms with Crippen LogP contribution < -0.4 is 16.0 Å². The zero-order valence-corrected chi connectivity index (χ0v) is 31.9. The third kappa shape index (κ3) is 12.1. The van der Waals surface area contributed by atoms with Gasteiger partial charge in [0.2, 0.25) is 23.6 Å². The average molecular weight is 742 g/mol. The van der Waals surface area contributed by atoms with E-state index in [0.29, 0.717) is 57.7 Å². The van der Waals surface area contributed by atoms with Gasteiger partial charge in [-0.1, -0.05) is 76.3 Å². The van der Waals surface area contributed by atoms with E-state index in [1.165, 1.54) is 18.4 Å². The molecule has 2 aliphatic rings. The smallest absolute Gasteiger partial charge is 0.243 e. The first-order valence-electron chi connectivity index (χ1n) is 19.1. The minimum atomic E-state index is -1.33. The van der Waals surface area contributed by atoms with Crippen molar-refractivity contribution in [2.45, 2.75) is 115 Å². The second-order valence-corrected chi connectivity index (χ2v) is 15.2. The maximum atomic E-state index is 14.3. The zero-order valence-electron chi connectivity index (χ0n) is 31.1. The van der Waals surface area contributed by atoms with Crippen LogP contribution in [0.1, 0.15) is 89.3 Å². The molecule has 0 radical (unpaired) electrons. The lowest BCUT2D eigenvalue weighted by atomic mass is 9.76. The third-order valence-corrected chi connectivity index (χ3v) is 11.7. The number of rotatable bonds is 19. The van der Waals surface area contributed by atoms with Crippen LogP contribution in [0.4, 0.5) is 0 Å². The second-order valence-electron chi connectivity index (χ2n) is 14.5. The van der Waals surface area contributed by atoms with Crippen molar-refractivity contribution >= 4 is 35.0 Å². The molecule has 2 aromatic rings. The summed E-state index contributed by atoms with van der Waals surface area (Å²) in [5, 5.41) is 33.7. The highest BCUT2D eigenvalue weighted by Crippen LogP contribution is 2.33. The second kappa shape index (κ2) is 20.7. The van der Waals surface area contributed by atoms with Crippen molar-refractivity contribution in [1.29, 1.82) is 0 Å². The van der Waals surface area contributed by atoms with E-state index >= 15 is 0 Å². The lowest BCUT2D eigenvalue weighted by molar-refractivity contribution is -0.140. The number of nitrogens with zero attached hydrogens (tertiary/aromatic N) is 2. The minimum absolute atomic E-state index is 0.0204. The molecular weight excluding hydrogens is 683 g/mol. The first kappa shape index (κ1) is 41.4. The summed E-state index contributed by atoms with van der Waals surface area (Å²) in [5.41, 5.74) is 1.88. The number of aromatic nitrogens is 1. The number of nitrogens with one attached hydrogen (secondary N) is 3. The van der Waals surface area contributed by atoms with E-state index in [9.17, 15) is 29.4 Å². The van der Waals surface area contributed by atoms with Crippen LogP contribution >= 0.6 is 11.3 Å². The Bertz CT molecular complexity index is 1390. The highest BCUT2D eigenvalue weighted by molar-refractivity contribution is 7.07. The monoisotopic (exact) mass is 741 g/mol. The molecule has 1 aliphatic heterocycles. The summed E-state index contributed by atoms with van der Waals surface area (Å²) in [6.45, 7) is 5.46. The fourth-order valence-electron chi connectivity index (χ4n) is 7.63. The molecule has 1 saturated heterocycles. The number of aliphatic hydroxyl groups excluding tert-OH is 1. The Balaban J connectivity index is 1.58. The zero-order chi connectivity index (χ0) is 37.5. The Morgan fingerprint density at radius 1 is 0.981 bits per heavy atom. The lowest BCUT2D eigenvalue weighted by Gasteiger charge is -2.37. The molecule has 0 spiro atoms. The molecule has 5 atom stereocenters. The Morgan fingerprint density at radius 3 is 2.29 bits per heavy atom. The Hall–Kier alpha value is -3.39. The van der Waals surface area contributed by atoms with Crippen LogP contribution in [0.2, 0.25) is 0 Å². The van der Waals surface area contributed by atoms with Crippen LogP contribution in [0.3, 0.4) is 0 Å². The number of benzene rings is 1. The normalized spacial score (nSPS) is 18.4. The van der Waals surface area contributed by atoms with Crippen LogP contribution in [0.25, 0.3) is 0 Å². The first-order chi connectivity index (χ1) is 25.1. The van der Waals surface area contributed by atoms with Crippen molar-refractivity contribution in [1.82, 2.24) is 25.8 Å². The molecule has 0 unspecified atom stereocenters. The van der Waals surface area contributed by atoms with Crippen LogP contribution in [0.5, 0.6) is 0 Å². The molecule has 1 aliphatic carbocycles. The number of carbonyl (C=O) groups excluding carboxylic acids is 4. The molecule has 4 amide bonds. The van der Waals surface area contributed by atoms with E-state index in [-0.39, 0.29) is 37.0 Å². The van der Waals surface area contributed by atoms with Gasteiger partial charge in [0, 0.05) is 38.4 Å². The van der Waals surface area contributed by atoms with Crippen LogP contribution in [-0.2, 0) is 36.8 Å². The number of carbonyl (C=O) groups is 4.